The van der Waals surface area contributed by atoms with Crippen LogP contribution in [0.4, 0.5) is 0 Å². The second-order valence-electron chi connectivity index (χ2n) is 8.32. The minimum absolute atomic E-state index is 0.142. The molecule has 0 saturated carbocycles. The van der Waals surface area contributed by atoms with E-state index in [9.17, 15) is 9.90 Å². The number of hydrogen-bond acceptors (Lipinski definition) is 2. The third-order valence-corrected chi connectivity index (χ3v) is 13.5. The minimum Gasteiger partial charge on any atom is -0.388 e. The van der Waals surface area contributed by atoms with Crippen molar-refractivity contribution in [2.24, 2.45) is 0 Å². The van der Waals surface area contributed by atoms with Crippen molar-refractivity contribution in [1.82, 2.24) is 0 Å². The molecule has 0 aromatic carbocycles. The topological polar surface area (TPSA) is 37.3 Å². The molecule has 1 N–H and O–H groups in total. The number of aliphatic hydroxyl groups is 1. The Morgan fingerprint density at radius 3 is 2.17 bits per heavy atom. The fourth-order valence-corrected chi connectivity index (χ4v) is 10.6. The highest BCUT2D eigenvalue weighted by Crippen LogP contribution is 2.44. The van der Waals surface area contributed by atoms with E-state index in [1.165, 1.54) is 6.04 Å². The number of aliphatic hydroxyl groups excluding tert-OH is 1. The van der Waals surface area contributed by atoms with Crippen molar-refractivity contribution in [3.8, 4) is 0 Å². The van der Waals surface area contributed by atoms with Gasteiger partial charge in [0.05, 0.1) is 14.2 Å². The highest BCUT2D eigenvalue weighted by atomic mass is 28.3. The molecule has 0 aromatic heterocycles. The predicted octanol–water partition coefficient (Wildman–Crippen LogP) is 6.04. The van der Waals surface area contributed by atoms with Gasteiger partial charge in [0.25, 0.3) is 0 Å². The molecule has 0 amide bonds. The van der Waals surface area contributed by atoms with Crippen LogP contribution in [-0.2, 0) is 4.79 Å². The molecule has 1 aliphatic carbocycles. The third-order valence-electron chi connectivity index (χ3n) is 6.12. The zero-order valence-electron chi connectivity index (χ0n) is 16.6. The van der Waals surface area contributed by atoms with E-state index in [1.54, 1.807) is 0 Å². The van der Waals surface area contributed by atoms with Crippen LogP contribution in [0, 0.1) is 0 Å². The summed E-state index contributed by atoms with van der Waals surface area (Å²) in [5.74, 6) is 0.142. The Bertz CT molecular complexity index is 439. The van der Waals surface area contributed by atoms with Crippen LogP contribution in [0.15, 0.2) is 23.8 Å². The highest BCUT2D eigenvalue weighted by Gasteiger charge is 2.41. The van der Waals surface area contributed by atoms with Gasteiger partial charge in [0.15, 0.2) is 5.78 Å². The normalized spacial score (nSPS) is 18.1. The Kier molecular flexibility index (Phi) is 8.65. The molecule has 0 unspecified atom stereocenters. The molecule has 138 valence electrons. The van der Waals surface area contributed by atoms with E-state index in [0.29, 0.717) is 18.4 Å². The van der Waals surface area contributed by atoms with Crippen LogP contribution in [0.3, 0.4) is 0 Å². The van der Waals surface area contributed by atoms with E-state index in [-0.39, 0.29) is 5.78 Å². The highest BCUT2D eigenvalue weighted by molar-refractivity contribution is 6.83. The molecule has 2 nitrogen and oxygen atoms in total. The van der Waals surface area contributed by atoms with Crippen LogP contribution in [0.5, 0.6) is 0 Å². The number of Topliss-reactive ketones (excluding diaryl/α,β-unsaturated/α-hetero) is 1. The Morgan fingerprint density at radius 2 is 1.67 bits per heavy atom. The lowest BCUT2D eigenvalue weighted by Crippen LogP contribution is -2.43. The molecule has 3 heteroatoms. The lowest BCUT2D eigenvalue weighted by Gasteiger charge is -2.42. The van der Waals surface area contributed by atoms with Crippen molar-refractivity contribution in [2.75, 3.05) is 0 Å². The van der Waals surface area contributed by atoms with E-state index < -0.39 is 14.2 Å². The first-order chi connectivity index (χ1) is 11.2. The average Bonchev–Trinajstić information content (AvgIpc) is 2.49. The molecule has 0 radical (unpaired) electrons. The Morgan fingerprint density at radius 1 is 1.08 bits per heavy atom. The van der Waals surface area contributed by atoms with E-state index in [0.717, 1.165) is 35.9 Å². The SMILES string of the molecule is CC(C)[Si](C/C=C/CC[C@H](O)C1=CCCCC1=O)(C(C)C)C(C)C. The number of carbonyl (C=O) groups is 1. The van der Waals surface area contributed by atoms with Crippen LogP contribution < -0.4 is 0 Å². The smallest absolute Gasteiger partial charge is 0.161 e. The summed E-state index contributed by atoms with van der Waals surface area (Å²) in [7, 11) is -1.36. The zero-order valence-corrected chi connectivity index (χ0v) is 17.6. The van der Waals surface area contributed by atoms with Gasteiger partial charge in [0.1, 0.15) is 0 Å². The fourth-order valence-electron chi connectivity index (χ4n) is 4.62. The summed E-state index contributed by atoms with van der Waals surface area (Å²) in [5.41, 5.74) is 2.98. The molecule has 0 heterocycles. The van der Waals surface area contributed by atoms with Gasteiger partial charge in [-0.2, -0.15) is 0 Å². The van der Waals surface area contributed by atoms with E-state index in [2.05, 4.69) is 53.7 Å². The van der Waals surface area contributed by atoms with E-state index in [1.807, 2.05) is 6.08 Å². The molecular weight excluding hydrogens is 312 g/mol. The molecule has 1 rings (SSSR count). The fraction of sp³-hybridized carbons (Fsp3) is 0.762. The Hall–Kier alpha value is -0.673. The molecule has 0 aliphatic heterocycles. The molecule has 0 spiro atoms. The lowest BCUT2D eigenvalue weighted by atomic mass is 9.92. The first-order valence-electron chi connectivity index (χ1n) is 9.79. The summed E-state index contributed by atoms with van der Waals surface area (Å²) >= 11 is 0. The maximum absolute atomic E-state index is 11.8. The lowest BCUT2D eigenvalue weighted by molar-refractivity contribution is -0.117. The number of allylic oxidation sites excluding steroid dienone is 3. The van der Waals surface area contributed by atoms with Crippen molar-refractivity contribution in [2.45, 2.75) is 102 Å². The van der Waals surface area contributed by atoms with Gasteiger partial charge in [0, 0.05) is 12.0 Å². The second kappa shape index (κ2) is 9.72. The summed E-state index contributed by atoms with van der Waals surface area (Å²) in [6.45, 7) is 14.4. The minimum atomic E-state index is -1.36. The molecule has 0 saturated heterocycles. The maximum Gasteiger partial charge on any atom is 0.161 e. The van der Waals surface area contributed by atoms with Crippen LogP contribution in [0.1, 0.15) is 73.6 Å². The summed E-state index contributed by atoms with van der Waals surface area (Å²) in [6, 6.07) is 1.22. The van der Waals surface area contributed by atoms with Gasteiger partial charge in [-0.1, -0.05) is 76.4 Å². The number of ketones is 1. The molecule has 0 aromatic rings. The van der Waals surface area contributed by atoms with Gasteiger partial charge in [-0.3, -0.25) is 4.79 Å². The third kappa shape index (κ3) is 5.16. The summed E-state index contributed by atoms with van der Waals surface area (Å²) in [5, 5.41) is 10.3. The van der Waals surface area contributed by atoms with Crippen LogP contribution in [0.2, 0.25) is 22.7 Å². The van der Waals surface area contributed by atoms with Gasteiger partial charge in [0.2, 0.25) is 0 Å². The Balaban J connectivity index is 2.57. The first kappa shape index (κ1) is 21.4. The molecule has 0 fully saturated rings. The largest absolute Gasteiger partial charge is 0.388 e. The van der Waals surface area contributed by atoms with Gasteiger partial charge in [-0.25, -0.2) is 0 Å². The van der Waals surface area contributed by atoms with Gasteiger partial charge >= 0.3 is 0 Å². The predicted molar refractivity (Wildman–Crippen MR) is 107 cm³/mol. The maximum atomic E-state index is 11.8. The monoisotopic (exact) mass is 350 g/mol. The van der Waals surface area contributed by atoms with Gasteiger partial charge < -0.3 is 5.11 Å². The number of rotatable bonds is 9. The van der Waals surface area contributed by atoms with Gasteiger partial charge in [-0.15, -0.1) is 0 Å². The molecule has 24 heavy (non-hydrogen) atoms. The standard InChI is InChI=1S/C21H38O2Si/c1-16(2)24(17(3)4,18(5)6)15-11-7-8-13-20(22)19-12-9-10-14-21(19)23/h7,11-12,16-18,20,22H,8-10,13-15H2,1-6H3/b11-7+/t20-/m0/s1. The number of hydrogen-bond donors (Lipinski definition) is 1. The van der Waals surface area contributed by atoms with Crippen LogP contribution in [-0.4, -0.2) is 25.1 Å². The van der Waals surface area contributed by atoms with E-state index >= 15 is 0 Å². The summed E-state index contributed by atoms with van der Waals surface area (Å²) < 4.78 is 0. The molecule has 0 bridgehead atoms. The average molecular weight is 351 g/mol. The molecule has 1 atom stereocenters. The van der Waals surface area contributed by atoms with Crippen molar-refractivity contribution in [1.29, 1.82) is 0 Å². The van der Waals surface area contributed by atoms with Crippen LogP contribution in [0.25, 0.3) is 0 Å². The molecule has 1 aliphatic rings. The van der Waals surface area contributed by atoms with Crippen molar-refractivity contribution in [3.63, 3.8) is 0 Å². The van der Waals surface area contributed by atoms with Crippen LogP contribution >= 0.6 is 0 Å². The quantitative estimate of drug-likeness (QED) is 0.406. The van der Waals surface area contributed by atoms with Crippen molar-refractivity contribution in [3.05, 3.63) is 23.8 Å². The molecular formula is C21H38O2Si. The van der Waals surface area contributed by atoms with E-state index in [4.69, 9.17) is 0 Å². The van der Waals surface area contributed by atoms with Crippen molar-refractivity contribution < 1.29 is 9.90 Å². The van der Waals surface area contributed by atoms with Gasteiger partial charge in [-0.05, 0) is 31.7 Å². The number of carbonyl (C=O) groups excluding carboxylic acids is 1. The summed E-state index contributed by atoms with van der Waals surface area (Å²) in [4.78, 5) is 11.8. The summed E-state index contributed by atoms with van der Waals surface area (Å²) in [6.07, 6.45) is 9.92. The van der Waals surface area contributed by atoms with Crippen molar-refractivity contribution >= 4 is 13.9 Å². The Labute approximate surface area is 150 Å². The zero-order chi connectivity index (χ0) is 18.3. The second-order valence-corrected chi connectivity index (χ2v) is 14.4. The first-order valence-corrected chi connectivity index (χ1v) is 12.2.